The highest BCUT2D eigenvalue weighted by atomic mass is 19.1. The number of piperidine rings is 1. The Morgan fingerprint density at radius 1 is 1.17 bits per heavy atom. The van der Waals surface area contributed by atoms with Crippen LogP contribution < -0.4 is 4.74 Å². The van der Waals surface area contributed by atoms with Crippen molar-refractivity contribution >= 4 is 5.91 Å². The number of likely N-dealkylation sites (tertiary alicyclic amines) is 1. The van der Waals surface area contributed by atoms with Crippen molar-refractivity contribution in [1.29, 1.82) is 0 Å². The highest BCUT2D eigenvalue weighted by molar-refractivity contribution is 5.78. The number of aliphatic hydroxyl groups excluding tert-OH is 1. The molecule has 1 fully saturated rings. The van der Waals surface area contributed by atoms with Crippen LogP contribution in [-0.2, 0) is 17.9 Å². The van der Waals surface area contributed by atoms with Crippen LogP contribution >= 0.6 is 0 Å². The molecule has 1 amide bonds. The van der Waals surface area contributed by atoms with Crippen LogP contribution in [0.15, 0.2) is 47.1 Å². The average Bonchev–Trinajstić information content (AvgIpc) is 3.27. The predicted molar refractivity (Wildman–Crippen MR) is 128 cm³/mol. The Labute approximate surface area is 204 Å². The van der Waals surface area contributed by atoms with Crippen molar-refractivity contribution in [3.05, 3.63) is 65.2 Å². The minimum Gasteiger partial charge on any atom is -0.483 e. The summed E-state index contributed by atoms with van der Waals surface area (Å²) in [4.78, 5) is 16.6. The molecular formula is C26H31FN4O4. The average molecular weight is 483 g/mol. The number of hydrogen-bond donors (Lipinski definition) is 1. The molecule has 1 aliphatic rings. The molecule has 0 bridgehead atoms. The van der Waals surface area contributed by atoms with E-state index in [1.807, 2.05) is 32.2 Å². The summed E-state index contributed by atoms with van der Waals surface area (Å²) in [7, 11) is 1.95. The molecule has 186 valence electrons. The molecule has 0 aliphatic carbocycles. The van der Waals surface area contributed by atoms with Gasteiger partial charge in [0.1, 0.15) is 23.0 Å². The van der Waals surface area contributed by atoms with Crippen LogP contribution in [0.5, 0.6) is 5.75 Å². The van der Waals surface area contributed by atoms with E-state index in [4.69, 9.17) is 9.37 Å². The van der Waals surface area contributed by atoms with Crippen molar-refractivity contribution in [3.8, 4) is 16.9 Å². The third kappa shape index (κ3) is 6.23. The minimum atomic E-state index is -0.289. The smallest absolute Gasteiger partial charge is 0.260 e. The van der Waals surface area contributed by atoms with Crippen LogP contribution in [0.2, 0.25) is 0 Å². The number of aromatic nitrogens is 2. The molecule has 1 aromatic heterocycles. The fraction of sp³-hybridized carbons (Fsp3) is 0.423. The monoisotopic (exact) mass is 482 g/mol. The van der Waals surface area contributed by atoms with Crippen molar-refractivity contribution in [2.45, 2.75) is 45.3 Å². The summed E-state index contributed by atoms with van der Waals surface area (Å²) in [5, 5.41) is 17.4. The summed E-state index contributed by atoms with van der Waals surface area (Å²) in [6.45, 7) is 3.39. The van der Waals surface area contributed by atoms with E-state index in [0.717, 1.165) is 47.3 Å². The standard InChI is InChI=1S/C26H31FN4O4/c1-18-24(29-35-28-18)15-30(2)14-21-13-20(19-6-9-22(27)10-7-19)8-11-25(21)34-17-26(33)31-12-4-3-5-23(31)16-32/h6-11,13,23,32H,3-5,12,14-17H2,1-2H3. The van der Waals surface area contributed by atoms with Gasteiger partial charge in [-0.15, -0.1) is 0 Å². The molecule has 35 heavy (non-hydrogen) atoms. The summed E-state index contributed by atoms with van der Waals surface area (Å²) in [6.07, 6.45) is 2.75. The van der Waals surface area contributed by atoms with Gasteiger partial charge < -0.3 is 14.7 Å². The van der Waals surface area contributed by atoms with Crippen LogP contribution in [0.3, 0.4) is 0 Å². The molecule has 2 aromatic carbocycles. The van der Waals surface area contributed by atoms with Crippen LogP contribution in [0, 0.1) is 12.7 Å². The zero-order valence-corrected chi connectivity index (χ0v) is 20.1. The number of rotatable bonds is 9. The zero-order chi connectivity index (χ0) is 24.8. The van der Waals surface area contributed by atoms with E-state index in [1.54, 1.807) is 17.0 Å². The first kappa shape index (κ1) is 24.8. The van der Waals surface area contributed by atoms with Crippen molar-refractivity contribution in [1.82, 2.24) is 20.1 Å². The summed E-state index contributed by atoms with van der Waals surface area (Å²) < 4.78 is 24.2. The number of amides is 1. The Hall–Kier alpha value is -3.30. The van der Waals surface area contributed by atoms with Gasteiger partial charge in [-0.25, -0.2) is 9.02 Å². The predicted octanol–water partition coefficient (Wildman–Crippen LogP) is 3.57. The number of hydrogen-bond acceptors (Lipinski definition) is 7. The Kier molecular flexibility index (Phi) is 8.09. The maximum absolute atomic E-state index is 13.4. The first-order valence-electron chi connectivity index (χ1n) is 11.8. The summed E-state index contributed by atoms with van der Waals surface area (Å²) in [6, 6.07) is 11.9. The van der Waals surface area contributed by atoms with E-state index < -0.39 is 0 Å². The first-order chi connectivity index (χ1) is 16.9. The zero-order valence-electron chi connectivity index (χ0n) is 20.1. The Morgan fingerprint density at radius 2 is 1.94 bits per heavy atom. The minimum absolute atomic E-state index is 0.0372. The number of halogens is 1. The van der Waals surface area contributed by atoms with Crippen molar-refractivity contribution in [3.63, 3.8) is 0 Å². The maximum Gasteiger partial charge on any atom is 0.260 e. The SMILES string of the molecule is Cc1nonc1CN(C)Cc1cc(-c2ccc(F)cc2)ccc1OCC(=O)N1CCCCC1CO. The Bertz CT molecular complexity index is 1130. The van der Waals surface area contributed by atoms with Gasteiger partial charge in [-0.2, -0.15) is 0 Å². The van der Waals surface area contributed by atoms with Gasteiger partial charge in [-0.1, -0.05) is 28.5 Å². The second-order valence-corrected chi connectivity index (χ2v) is 9.01. The molecule has 0 saturated carbocycles. The molecule has 2 heterocycles. The maximum atomic E-state index is 13.4. The lowest BCUT2D eigenvalue weighted by molar-refractivity contribution is -0.138. The van der Waals surface area contributed by atoms with Crippen molar-refractivity contribution in [2.75, 3.05) is 26.8 Å². The van der Waals surface area contributed by atoms with E-state index in [1.165, 1.54) is 12.1 Å². The van der Waals surface area contributed by atoms with E-state index >= 15 is 0 Å². The normalized spacial score (nSPS) is 16.0. The lowest BCUT2D eigenvalue weighted by Crippen LogP contribution is -2.47. The molecule has 0 spiro atoms. The molecule has 0 radical (unpaired) electrons. The Morgan fingerprint density at radius 3 is 2.66 bits per heavy atom. The van der Waals surface area contributed by atoms with Gasteiger partial charge in [0.15, 0.2) is 6.61 Å². The number of nitrogens with zero attached hydrogens (tertiary/aromatic N) is 4. The summed E-state index contributed by atoms with van der Waals surface area (Å²) >= 11 is 0. The van der Waals surface area contributed by atoms with Gasteiger partial charge in [0.2, 0.25) is 0 Å². The first-order valence-corrected chi connectivity index (χ1v) is 11.8. The van der Waals surface area contributed by atoms with Crippen molar-refractivity contribution in [2.24, 2.45) is 0 Å². The van der Waals surface area contributed by atoms with Gasteiger partial charge in [-0.3, -0.25) is 9.69 Å². The molecule has 9 heteroatoms. The summed E-state index contributed by atoms with van der Waals surface area (Å²) in [5.41, 5.74) is 4.17. The van der Waals surface area contributed by atoms with Gasteiger partial charge >= 0.3 is 0 Å². The topological polar surface area (TPSA) is 91.9 Å². The second-order valence-electron chi connectivity index (χ2n) is 9.01. The fourth-order valence-electron chi connectivity index (χ4n) is 4.40. The lowest BCUT2D eigenvalue weighted by atomic mass is 10.0. The van der Waals surface area contributed by atoms with Gasteiger partial charge in [-0.05, 0) is 68.6 Å². The van der Waals surface area contributed by atoms with E-state index in [2.05, 4.69) is 15.2 Å². The second kappa shape index (κ2) is 11.4. The number of benzene rings is 2. The molecule has 1 unspecified atom stereocenters. The number of ether oxygens (including phenoxy) is 1. The molecule has 8 nitrogen and oxygen atoms in total. The Balaban J connectivity index is 1.53. The number of carbonyl (C=O) groups excluding carboxylic acids is 1. The molecule has 1 aliphatic heterocycles. The molecule has 1 saturated heterocycles. The molecular weight excluding hydrogens is 451 g/mol. The molecule has 1 atom stereocenters. The lowest BCUT2D eigenvalue weighted by Gasteiger charge is -2.34. The van der Waals surface area contributed by atoms with Gasteiger partial charge in [0.05, 0.1) is 12.6 Å². The number of carbonyl (C=O) groups is 1. The van der Waals surface area contributed by atoms with Crippen molar-refractivity contribution < 1.29 is 23.7 Å². The number of aliphatic hydroxyl groups is 1. The van der Waals surface area contributed by atoms with Gasteiger partial charge in [0, 0.05) is 25.2 Å². The third-order valence-electron chi connectivity index (χ3n) is 6.35. The summed E-state index contributed by atoms with van der Waals surface area (Å²) in [5.74, 6) is 0.182. The van der Waals surface area contributed by atoms with Crippen LogP contribution in [-0.4, -0.2) is 64.0 Å². The van der Waals surface area contributed by atoms with E-state index in [0.29, 0.717) is 25.4 Å². The highest BCUT2D eigenvalue weighted by Gasteiger charge is 2.26. The largest absolute Gasteiger partial charge is 0.483 e. The van der Waals surface area contributed by atoms with Crippen LogP contribution in [0.25, 0.3) is 11.1 Å². The van der Waals surface area contributed by atoms with Crippen LogP contribution in [0.4, 0.5) is 4.39 Å². The molecule has 3 aromatic rings. The molecule has 1 N–H and O–H groups in total. The highest BCUT2D eigenvalue weighted by Crippen LogP contribution is 2.29. The van der Waals surface area contributed by atoms with Crippen LogP contribution in [0.1, 0.15) is 36.2 Å². The van der Waals surface area contributed by atoms with Gasteiger partial charge in [0.25, 0.3) is 5.91 Å². The fourth-order valence-corrected chi connectivity index (χ4v) is 4.40. The quantitative estimate of drug-likeness (QED) is 0.499. The number of aryl methyl sites for hydroxylation is 1. The van der Waals surface area contributed by atoms with E-state index in [9.17, 15) is 14.3 Å². The molecule has 4 rings (SSSR count). The van der Waals surface area contributed by atoms with E-state index in [-0.39, 0.29) is 31.0 Å². The third-order valence-corrected chi connectivity index (χ3v) is 6.35.